The number of nitrogens with zero attached hydrogens (tertiary/aromatic N) is 2. The molecule has 6 heteroatoms. The highest BCUT2D eigenvalue weighted by atomic mass is 32.1. The molecule has 36 heavy (non-hydrogen) atoms. The van der Waals surface area contributed by atoms with E-state index in [1.807, 2.05) is 41.8 Å². The Morgan fingerprint density at radius 1 is 1.03 bits per heavy atom. The van der Waals surface area contributed by atoms with Crippen LogP contribution in [-0.4, -0.2) is 42.4 Å². The Labute approximate surface area is 218 Å². The summed E-state index contributed by atoms with van der Waals surface area (Å²) in [4.78, 5) is 33.1. The fraction of sp³-hybridized carbons (Fsp3) is 0.400. The molecule has 5 rings (SSSR count). The molecular formula is C30H35N3O2S. The zero-order valence-electron chi connectivity index (χ0n) is 20.9. The summed E-state index contributed by atoms with van der Waals surface area (Å²) >= 11 is 1.64. The minimum absolute atomic E-state index is 0.0131. The monoisotopic (exact) mass is 501 g/mol. The average molecular weight is 502 g/mol. The lowest BCUT2D eigenvalue weighted by Gasteiger charge is -2.44. The van der Waals surface area contributed by atoms with Gasteiger partial charge in [0.2, 0.25) is 5.91 Å². The fourth-order valence-corrected chi connectivity index (χ4v) is 6.74. The summed E-state index contributed by atoms with van der Waals surface area (Å²) < 4.78 is 0. The summed E-state index contributed by atoms with van der Waals surface area (Å²) in [6.07, 6.45) is 5.16. The number of hydrogen-bond donors (Lipinski definition) is 1. The molecule has 1 aromatic heterocycles. The third-order valence-corrected chi connectivity index (χ3v) is 8.56. The maximum absolute atomic E-state index is 13.9. The number of rotatable bonds is 9. The predicted octanol–water partition coefficient (Wildman–Crippen LogP) is 6.00. The van der Waals surface area contributed by atoms with Crippen molar-refractivity contribution in [3.8, 4) is 0 Å². The zero-order valence-corrected chi connectivity index (χ0v) is 21.8. The van der Waals surface area contributed by atoms with Crippen LogP contribution in [0.5, 0.6) is 0 Å². The second-order valence-corrected chi connectivity index (χ2v) is 10.7. The van der Waals surface area contributed by atoms with Gasteiger partial charge < -0.3 is 15.1 Å². The van der Waals surface area contributed by atoms with Gasteiger partial charge in [0.05, 0.1) is 12.0 Å². The average Bonchev–Trinajstić information content (AvgIpc) is 3.64. The van der Waals surface area contributed by atoms with E-state index < -0.39 is 5.92 Å². The third-order valence-electron chi connectivity index (χ3n) is 7.62. The molecule has 1 fully saturated rings. The van der Waals surface area contributed by atoms with E-state index in [0.29, 0.717) is 12.1 Å². The number of carbonyl (C=O) groups excluding carboxylic acids is 2. The van der Waals surface area contributed by atoms with Crippen molar-refractivity contribution >= 4 is 28.8 Å². The molecule has 0 radical (unpaired) electrons. The summed E-state index contributed by atoms with van der Waals surface area (Å²) in [7, 11) is 0. The molecule has 1 aliphatic carbocycles. The van der Waals surface area contributed by atoms with Crippen molar-refractivity contribution < 1.29 is 9.59 Å². The molecule has 5 nitrogen and oxygen atoms in total. The number of anilines is 1. The molecule has 2 amide bonds. The normalized spacial score (nSPS) is 19.8. The minimum atomic E-state index is -0.408. The Balaban J connectivity index is 1.37. The highest BCUT2D eigenvalue weighted by molar-refractivity contribution is 7.10. The lowest BCUT2D eigenvalue weighted by molar-refractivity contribution is -0.124. The molecule has 1 N–H and O–H groups in total. The molecule has 2 atom stereocenters. The van der Waals surface area contributed by atoms with Crippen LogP contribution < -0.4 is 10.2 Å². The highest BCUT2D eigenvalue weighted by Crippen LogP contribution is 2.47. The third kappa shape index (κ3) is 4.92. The van der Waals surface area contributed by atoms with Gasteiger partial charge in [0.1, 0.15) is 0 Å². The van der Waals surface area contributed by atoms with Crippen LogP contribution in [0.1, 0.15) is 71.8 Å². The number of carbonyl (C=O) groups is 2. The summed E-state index contributed by atoms with van der Waals surface area (Å²) in [5.74, 6) is -0.324. The van der Waals surface area contributed by atoms with Crippen molar-refractivity contribution in [2.75, 3.05) is 24.5 Å². The number of benzene rings is 2. The zero-order chi connectivity index (χ0) is 24.9. The van der Waals surface area contributed by atoms with E-state index in [1.165, 1.54) is 5.69 Å². The Bertz CT molecular complexity index is 1160. The molecule has 2 aromatic carbocycles. The number of amides is 2. The van der Waals surface area contributed by atoms with Crippen LogP contribution in [0.2, 0.25) is 0 Å². The standard InChI is InChI=1S/C30H35N3O2S/c1-2-32(22-12-4-3-5-13-22)20-11-19-31-29(34)27-24-16-8-9-17-25(24)30(35)33(23-14-6-7-15-23)28(27)26-18-10-21-36-26/h3-5,8-10,12-13,16-18,21,23,27-28H,2,6-7,11,14-15,19-20H2,1H3,(H,31,34)/t27-,28+/m0/s1. The minimum Gasteiger partial charge on any atom is -0.372 e. The largest absolute Gasteiger partial charge is 0.372 e. The first-order chi connectivity index (χ1) is 17.7. The number of fused-ring (bicyclic) bond motifs is 1. The van der Waals surface area contributed by atoms with Crippen LogP contribution >= 0.6 is 11.3 Å². The van der Waals surface area contributed by atoms with Gasteiger partial charge in [-0.05, 0) is 61.4 Å². The maximum atomic E-state index is 13.9. The molecule has 2 aliphatic rings. The van der Waals surface area contributed by atoms with E-state index in [1.54, 1.807) is 11.3 Å². The Morgan fingerprint density at radius 3 is 2.50 bits per heavy atom. The van der Waals surface area contributed by atoms with E-state index in [4.69, 9.17) is 0 Å². The van der Waals surface area contributed by atoms with Gasteiger partial charge in [-0.1, -0.05) is 55.3 Å². The van der Waals surface area contributed by atoms with E-state index >= 15 is 0 Å². The second-order valence-electron chi connectivity index (χ2n) is 9.74. The molecule has 3 aromatic rings. The van der Waals surface area contributed by atoms with E-state index in [2.05, 4.69) is 52.4 Å². The second kappa shape index (κ2) is 11.3. The van der Waals surface area contributed by atoms with Gasteiger partial charge in [-0.15, -0.1) is 11.3 Å². The van der Waals surface area contributed by atoms with Crippen LogP contribution in [0, 0.1) is 0 Å². The van der Waals surface area contributed by atoms with Crippen molar-refractivity contribution in [2.24, 2.45) is 0 Å². The van der Waals surface area contributed by atoms with E-state index in [-0.39, 0.29) is 23.9 Å². The molecule has 0 spiro atoms. The summed E-state index contributed by atoms with van der Waals surface area (Å²) in [5, 5.41) is 5.29. The summed E-state index contributed by atoms with van der Waals surface area (Å²) in [5.41, 5.74) is 2.74. The smallest absolute Gasteiger partial charge is 0.254 e. The number of para-hydroxylation sites is 1. The van der Waals surface area contributed by atoms with Gasteiger partial charge in [-0.2, -0.15) is 0 Å². The molecule has 2 heterocycles. The molecule has 0 saturated heterocycles. The SMILES string of the molecule is CCN(CCCNC(=O)[C@H]1c2ccccc2C(=O)N(C2CCCC2)[C@@H]1c1cccs1)c1ccccc1. The number of hydrogen-bond acceptors (Lipinski definition) is 4. The maximum Gasteiger partial charge on any atom is 0.254 e. The number of nitrogens with one attached hydrogen (secondary N) is 1. The van der Waals surface area contributed by atoms with Gasteiger partial charge >= 0.3 is 0 Å². The lowest BCUT2D eigenvalue weighted by atomic mass is 9.80. The molecule has 1 saturated carbocycles. The van der Waals surface area contributed by atoms with Crippen molar-refractivity contribution in [2.45, 2.75) is 57.0 Å². The van der Waals surface area contributed by atoms with Gasteiger partial charge in [0.25, 0.3) is 5.91 Å². The molecular weight excluding hydrogens is 466 g/mol. The predicted molar refractivity (Wildman–Crippen MR) is 147 cm³/mol. The number of thiophene rings is 1. The van der Waals surface area contributed by atoms with Crippen molar-refractivity contribution in [1.82, 2.24) is 10.2 Å². The molecule has 188 valence electrons. The van der Waals surface area contributed by atoms with E-state index in [9.17, 15) is 9.59 Å². The Morgan fingerprint density at radius 2 is 1.78 bits per heavy atom. The van der Waals surface area contributed by atoms with Crippen molar-refractivity contribution in [1.29, 1.82) is 0 Å². The first kappa shape index (κ1) is 24.6. The van der Waals surface area contributed by atoms with Crippen LogP contribution in [0.4, 0.5) is 5.69 Å². The fourth-order valence-electron chi connectivity index (χ4n) is 5.88. The Hall–Kier alpha value is -3.12. The lowest BCUT2D eigenvalue weighted by Crippen LogP contribution is -2.50. The summed E-state index contributed by atoms with van der Waals surface area (Å²) in [6.45, 7) is 4.57. The molecule has 0 bridgehead atoms. The van der Waals surface area contributed by atoms with Gasteiger partial charge in [0, 0.05) is 41.8 Å². The van der Waals surface area contributed by atoms with E-state index in [0.717, 1.165) is 55.6 Å². The van der Waals surface area contributed by atoms with Crippen LogP contribution in [0.3, 0.4) is 0 Å². The summed E-state index contributed by atoms with van der Waals surface area (Å²) in [6, 6.07) is 22.2. The van der Waals surface area contributed by atoms with Crippen molar-refractivity contribution in [3.05, 3.63) is 88.1 Å². The van der Waals surface area contributed by atoms with Crippen molar-refractivity contribution in [3.63, 3.8) is 0 Å². The van der Waals surface area contributed by atoms with Crippen LogP contribution in [0.15, 0.2) is 72.1 Å². The Kier molecular flexibility index (Phi) is 7.71. The highest BCUT2D eigenvalue weighted by Gasteiger charge is 2.47. The molecule has 1 aliphatic heterocycles. The topological polar surface area (TPSA) is 52.7 Å². The quantitative estimate of drug-likeness (QED) is 0.366. The van der Waals surface area contributed by atoms with Gasteiger partial charge in [0.15, 0.2) is 0 Å². The first-order valence-corrected chi connectivity index (χ1v) is 14.1. The molecule has 0 unspecified atom stereocenters. The van der Waals surface area contributed by atoms with Crippen LogP contribution in [-0.2, 0) is 4.79 Å². The van der Waals surface area contributed by atoms with Crippen LogP contribution in [0.25, 0.3) is 0 Å². The van der Waals surface area contributed by atoms with Gasteiger partial charge in [-0.3, -0.25) is 9.59 Å². The van der Waals surface area contributed by atoms with Gasteiger partial charge in [-0.25, -0.2) is 0 Å². The first-order valence-electron chi connectivity index (χ1n) is 13.2.